The maximum atomic E-state index is 8.51. The third-order valence-corrected chi connectivity index (χ3v) is 6.35. The fourth-order valence-corrected chi connectivity index (χ4v) is 4.07. The molecular weight excluding hydrogens is 509 g/mol. The first-order chi connectivity index (χ1) is 15.8. The average molecular weight is 574 g/mol. The molecule has 5 heteroatoms. The topological polar surface area (TPSA) is 34.3 Å². The van der Waals surface area contributed by atoms with Gasteiger partial charge in [-0.15, -0.1) is 13.1 Å². The van der Waals surface area contributed by atoms with Crippen molar-refractivity contribution in [2.75, 3.05) is 19.7 Å². The Kier molecular flexibility index (Phi) is 63.6. The standard InChI is InChI=1S/C20H42N.C10H22O.2ClH.Ti/c1-3-5-7-9-11-13-15-17-19-21-20-18-16-14-12-10-8-6-4-2;1-2-3-4-5-6-7-8-9-10-11;;;/h3-20H2,1-2H3;11H,2-10H2,1H3;2*1H;/q-1;;;;+3/p-2. The maximum absolute atomic E-state index is 8.51. The van der Waals surface area contributed by atoms with E-state index in [1.807, 2.05) is 0 Å². The molecule has 0 aromatic rings. The summed E-state index contributed by atoms with van der Waals surface area (Å²) < 4.78 is 0. The molecule has 0 unspecified atom stereocenters. The fourth-order valence-electron chi connectivity index (χ4n) is 4.07. The fraction of sp³-hybridized carbons (Fsp3) is 1.00. The molecule has 0 saturated heterocycles. The van der Waals surface area contributed by atoms with E-state index in [2.05, 4.69) is 26.1 Å². The van der Waals surface area contributed by atoms with E-state index in [0.717, 1.165) is 19.5 Å². The predicted molar refractivity (Wildman–Crippen MR) is 148 cm³/mol. The van der Waals surface area contributed by atoms with Crippen molar-refractivity contribution in [3.8, 4) is 0 Å². The monoisotopic (exact) mass is 572 g/mol. The Bertz CT molecular complexity index is 274. The van der Waals surface area contributed by atoms with Gasteiger partial charge in [0.25, 0.3) is 0 Å². The van der Waals surface area contributed by atoms with E-state index in [1.54, 1.807) is 0 Å². The van der Waals surface area contributed by atoms with Crippen LogP contribution in [0.4, 0.5) is 0 Å². The minimum Gasteiger partial charge on any atom is -1.00 e. The molecular formula is C30H64Cl2NOTi. The molecule has 0 aliphatic carbocycles. The molecule has 0 fully saturated rings. The van der Waals surface area contributed by atoms with Crippen LogP contribution >= 0.6 is 0 Å². The largest absolute Gasteiger partial charge is 3.00 e. The number of hydrogen-bond donors (Lipinski definition) is 1. The normalized spacial score (nSPS) is 9.94. The maximum Gasteiger partial charge on any atom is 3.00 e. The molecule has 0 aliphatic heterocycles. The molecule has 213 valence electrons. The average Bonchev–Trinajstić information content (AvgIpc) is 2.81. The van der Waals surface area contributed by atoms with E-state index in [0.29, 0.717) is 6.61 Å². The Morgan fingerprint density at radius 2 is 0.600 bits per heavy atom. The summed E-state index contributed by atoms with van der Waals surface area (Å²) in [6.07, 6.45) is 32.9. The number of rotatable bonds is 26. The second-order valence-electron chi connectivity index (χ2n) is 9.82. The van der Waals surface area contributed by atoms with E-state index in [9.17, 15) is 0 Å². The molecule has 0 aromatic carbocycles. The zero-order valence-electron chi connectivity index (χ0n) is 24.2. The molecule has 0 saturated carbocycles. The number of unbranched alkanes of at least 4 members (excludes halogenated alkanes) is 21. The molecule has 0 spiro atoms. The van der Waals surface area contributed by atoms with Crippen molar-refractivity contribution in [1.29, 1.82) is 0 Å². The molecule has 1 N–H and O–H groups in total. The van der Waals surface area contributed by atoms with Crippen molar-refractivity contribution >= 4 is 0 Å². The van der Waals surface area contributed by atoms with Gasteiger partial charge in [-0.05, 0) is 6.42 Å². The van der Waals surface area contributed by atoms with Crippen LogP contribution < -0.4 is 24.8 Å². The molecule has 1 radical (unpaired) electrons. The van der Waals surface area contributed by atoms with Crippen LogP contribution in [0.2, 0.25) is 0 Å². The van der Waals surface area contributed by atoms with Gasteiger partial charge in [0.1, 0.15) is 0 Å². The van der Waals surface area contributed by atoms with Gasteiger partial charge in [0.05, 0.1) is 0 Å². The van der Waals surface area contributed by atoms with Gasteiger partial charge in [-0.3, -0.25) is 0 Å². The van der Waals surface area contributed by atoms with E-state index in [-0.39, 0.29) is 46.5 Å². The molecule has 0 bridgehead atoms. The van der Waals surface area contributed by atoms with Crippen LogP contribution in [0.3, 0.4) is 0 Å². The Labute approximate surface area is 250 Å². The summed E-state index contributed by atoms with van der Waals surface area (Å²) in [7, 11) is 0. The van der Waals surface area contributed by atoms with Crippen LogP contribution in [-0.4, -0.2) is 24.8 Å². The molecule has 0 amide bonds. The van der Waals surface area contributed by atoms with Gasteiger partial charge < -0.3 is 35.2 Å². The Balaban J connectivity index is -0.000000185. The minimum absolute atomic E-state index is 0. The van der Waals surface area contributed by atoms with Crippen LogP contribution in [0.15, 0.2) is 0 Å². The van der Waals surface area contributed by atoms with Crippen LogP contribution in [-0.2, 0) is 21.7 Å². The van der Waals surface area contributed by atoms with Crippen LogP contribution in [0, 0.1) is 0 Å². The summed E-state index contributed by atoms with van der Waals surface area (Å²) >= 11 is 0. The van der Waals surface area contributed by atoms with Crippen molar-refractivity contribution in [2.24, 2.45) is 0 Å². The summed E-state index contributed by atoms with van der Waals surface area (Å²) in [6.45, 7) is 9.42. The molecule has 0 aliphatic rings. The zero-order valence-corrected chi connectivity index (χ0v) is 27.3. The van der Waals surface area contributed by atoms with E-state index >= 15 is 0 Å². The number of aliphatic hydroxyl groups excluding tert-OH is 1. The first-order valence-corrected chi connectivity index (χ1v) is 15.1. The van der Waals surface area contributed by atoms with E-state index in [1.165, 1.54) is 148 Å². The molecule has 0 rings (SSSR count). The number of nitrogens with zero attached hydrogens (tertiary/aromatic N) is 1. The van der Waals surface area contributed by atoms with Gasteiger partial charge in [0, 0.05) is 6.61 Å². The van der Waals surface area contributed by atoms with Crippen LogP contribution in [0.1, 0.15) is 175 Å². The predicted octanol–water partition coefficient (Wildman–Crippen LogP) is 4.77. The van der Waals surface area contributed by atoms with E-state index < -0.39 is 0 Å². The molecule has 0 atom stereocenters. The van der Waals surface area contributed by atoms with Crippen molar-refractivity contribution in [3.63, 3.8) is 0 Å². The number of hydrogen-bond acceptors (Lipinski definition) is 1. The minimum atomic E-state index is 0. The molecule has 0 aromatic heterocycles. The van der Waals surface area contributed by atoms with Crippen LogP contribution in [0.25, 0.3) is 5.32 Å². The van der Waals surface area contributed by atoms with E-state index in [4.69, 9.17) is 5.11 Å². The first kappa shape index (κ1) is 46.1. The van der Waals surface area contributed by atoms with Gasteiger partial charge >= 0.3 is 21.7 Å². The molecule has 2 nitrogen and oxygen atoms in total. The summed E-state index contributed by atoms with van der Waals surface area (Å²) in [6, 6.07) is 0. The summed E-state index contributed by atoms with van der Waals surface area (Å²) in [5.74, 6) is 0. The Hall–Kier alpha value is 1.21. The van der Waals surface area contributed by atoms with Crippen molar-refractivity contribution in [1.82, 2.24) is 0 Å². The Morgan fingerprint density at radius 1 is 0.371 bits per heavy atom. The second-order valence-corrected chi connectivity index (χ2v) is 9.82. The van der Waals surface area contributed by atoms with Gasteiger partial charge in [-0.2, -0.15) is 0 Å². The van der Waals surface area contributed by atoms with Crippen molar-refractivity contribution in [3.05, 3.63) is 5.32 Å². The SMILES string of the molecule is CCCCCCCCCCO.CCCCCCCCCC[N-]CCCCCCCCCC.[Cl-].[Cl-].[Ti+3]. The van der Waals surface area contributed by atoms with Crippen LogP contribution in [0.5, 0.6) is 0 Å². The summed E-state index contributed by atoms with van der Waals surface area (Å²) in [5.41, 5.74) is 0. The van der Waals surface area contributed by atoms with Gasteiger partial charge in [0.15, 0.2) is 0 Å². The van der Waals surface area contributed by atoms with Crippen molar-refractivity contribution in [2.45, 2.75) is 175 Å². The molecule has 35 heavy (non-hydrogen) atoms. The van der Waals surface area contributed by atoms with Crippen molar-refractivity contribution < 1.29 is 51.6 Å². The summed E-state index contributed by atoms with van der Waals surface area (Å²) in [4.78, 5) is 0. The number of aliphatic hydroxyl groups is 1. The quantitative estimate of drug-likeness (QED) is 0.118. The third-order valence-electron chi connectivity index (χ3n) is 6.35. The second kappa shape index (κ2) is 48.3. The Morgan fingerprint density at radius 3 is 0.857 bits per heavy atom. The van der Waals surface area contributed by atoms with Gasteiger partial charge in [0.2, 0.25) is 0 Å². The molecule has 0 heterocycles. The van der Waals surface area contributed by atoms with Gasteiger partial charge in [-0.1, -0.05) is 168 Å². The third kappa shape index (κ3) is 52.5. The smallest absolute Gasteiger partial charge is 1.00 e. The first-order valence-electron chi connectivity index (χ1n) is 15.1. The summed E-state index contributed by atoms with van der Waals surface area (Å²) in [5, 5.41) is 13.2. The number of halogens is 2. The van der Waals surface area contributed by atoms with Gasteiger partial charge in [-0.25, -0.2) is 0 Å². The zero-order chi connectivity index (χ0) is 23.8.